The number of nitrogens with one attached hydrogen (secondary N) is 1. The zero-order chi connectivity index (χ0) is 20.8. The first-order valence-corrected chi connectivity index (χ1v) is 11.1. The number of benzene rings is 1. The molecular weight excluding hydrogens is 388 g/mol. The third-order valence-electron chi connectivity index (χ3n) is 6.89. The van der Waals surface area contributed by atoms with Gasteiger partial charge in [0.1, 0.15) is 17.8 Å². The molecule has 4 heterocycles. The monoisotopic (exact) mass is 414 g/mol. The van der Waals surface area contributed by atoms with E-state index in [9.17, 15) is 0 Å². The van der Waals surface area contributed by atoms with E-state index in [4.69, 9.17) is 15.6 Å². The summed E-state index contributed by atoms with van der Waals surface area (Å²) in [6.07, 6.45) is 10.5. The van der Waals surface area contributed by atoms with Crippen molar-refractivity contribution >= 4 is 33.6 Å². The Morgan fingerprint density at radius 2 is 2.13 bits per heavy atom. The Balaban J connectivity index is 1.14. The van der Waals surface area contributed by atoms with Gasteiger partial charge < -0.3 is 10.3 Å². The fourth-order valence-corrected chi connectivity index (χ4v) is 5.19. The Morgan fingerprint density at radius 1 is 1.16 bits per heavy atom. The Hall–Kier alpha value is -3.19. The lowest BCUT2D eigenvalue weighted by atomic mass is 9.97. The highest BCUT2D eigenvalue weighted by Gasteiger charge is 2.27. The van der Waals surface area contributed by atoms with Gasteiger partial charge in [-0.05, 0) is 67.3 Å². The van der Waals surface area contributed by atoms with Gasteiger partial charge >= 0.3 is 0 Å². The van der Waals surface area contributed by atoms with Crippen molar-refractivity contribution < 1.29 is 4.84 Å². The number of nitrogens with two attached hydrogens (primary N) is 1. The predicted molar refractivity (Wildman–Crippen MR) is 122 cm³/mol. The number of hydrogen-bond donors (Lipinski definition) is 2. The maximum absolute atomic E-state index is 6.00. The highest BCUT2D eigenvalue weighted by Crippen LogP contribution is 2.39. The molecule has 3 aromatic heterocycles. The van der Waals surface area contributed by atoms with Crippen LogP contribution in [0.3, 0.4) is 0 Å². The summed E-state index contributed by atoms with van der Waals surface area (Å²) in [7, 11) is 0. The lowest BCUT2D eigenvalue weighted by Gasteiger charge is -2.17. The molecule has 31 heavy (non-hydrogen) atoms. The molecule has 2 atom stereocenters. The largest absolute Gasteiger partial charge is 0.383 e. The number of pyridine rings is 1. The van der Waals surface area contributed by atoms with E-state index in [-0.39, 0.29) is 0 Å². The Bertz CT molecular complexity index is 1270. The van der Waals surface area contributed by atoms with Gasteiger partial charge in [0, 0.05) is 24.0 Å². The third kappa shape index (κ3) is 3.39. The van der Waals surface area contributed by atoms with Crippen molar-refractivity contribution in [3.63, 3.8) is 0 Å². The number of aromatic nitrogens is 4. The number of hydrogen-bond acceptors (Lipinski definition) is 6. The van der Waals surface area contributed by atoms with Crippen LogP contribution in [0.2, 0.25) is 0 Å². The topological polar surface area (TPSA) is 90.9 Å². The zero-order valence-electron chi connectivity index (χ0n) is 17.4. The summed E-state index contributed by atoms with van der Waals surface area (Å²) in [4.78, 5) is 18.7. The Kier molecular flexibility index (Phi) is 4.49. The number of anilines is 2. The average Bonchev–Trinajstić information content (AvgIpc) is 3.44. The first-order chi connectivity index (χ1) is 15.2. The van der Waals surface area contributed by atoms with E-state index >= 15 is 0 Å². The standard InChI is InChI=1S/C24H26N6O/c25-22-20-7-9-30(24(20)27-14-26-22)19-6-4-15(11-19)1-2-16-3-5-17-13-18-8-10-31-29-23(18)28-21(17)12-16/h3,5,7,9,12-15,19H,1-2,4,6,8,10-11H2,(H,28,29)(H2,25,26,27). The molecule has 7 heteroatoms. The normalized spacial score (nSPS) is 20.8. The van der Waals surface area contributed by atoms with Gasteiger partial charge in [-0.3, -0.25) is 4.84 Å². The molecule has 2 aliphatic rings. The zero-order valence-corrected chi connectivity index (χ0v) is 17.4. The van der Waals surface area contributed by atoms with Gasteiger partial charge in [0.2, 0.25) is 0 Å². The minimum Gasteiger partial charge on any atom is -0.383 e. The third-order valence-corrected chi connectivity index (χ3v) is 6.89. The number of aryl methyl sites for hydroxylation is 1. The molecule has 7 nitrogen and oxygen atoms in total. The van der Waals surface area contributed by atoms with Crippen LogP contribution in [0, 0.1) is 5.92 Å². The van der Waals surface area contributed by atoms with E-state index in [0.717, 1.165) is 41.1 Å². The molecule has 2 unspecified atom stereocenters. The minimum atomic E-state index is 0.493. The lowest BCUT2D eigenvalue weighted by molar-refractivity contribution is 0.185. The van der Waals surface area contributed by atoms with E-state index in [1.165, 1.54) is 42.2 Å². The molecule has 0 radical (unpaired) electrons. The van der Waals surface area contributed by atoms with Gasteiger partial charge in [-0.1, -0.05) is 12.1 Å². The van der Waals surface area contributed by atoms with Crippen LogP contribution >= 0.6 is 0 Å². The summed E-state index contributed by atoms with van der Waals surface area (Å²) >= 11 is 0. The average molecular weight is 415 g/mol. The molecule has 0 saturated heterocycles. The molecular formula is C24H26N6O. The van der Waals surface area contributed by atoms with E-state index in [0.29, 0.717) is 18.5 Å². The maximum atomic E-state index is 6.00. The molecule has 0 amide bonds. The van der Waals surface area contributed by atoms with Gasteiger partial charge in [0.05, 0.1) is 17.5 Å². The summed E-state index contributed by atoms with van der Waals surface area (Å²) in [6, 6.07) is 11.5. The second kappa shape index (κ2) is 7.50. The van der Waals surface area contributed by atoms with E-state index in [1.807, 2.05) is 6.07 Å². The van der Waals surface area contributed by atoms with E-state index in [1.54, 1.807) is 6.33 Å². The summed E-state index contributed by atoms with van der Waals surface area (Å²) in [6.45, 7) is 0.694. The van der Waals surface area contributed by atoms with Crippen molar-refractivity contribution in [1.82, 2.24) is 19.5 Å². The fourth-order valence-electron chi connectivity index (χ4n) is 5.19. The van der Waals surface area contributed by atoms with Crippen LogP contribution in [0.25, 0.3) is 21.9 Å². The van der Waals surface area contributed by atoms with Crippen LogP contribution < -0.4 is 11.2 Å². The molecule has 1 aliphatic heterocycles. The quantitative estimate of drug-likeness (QED) is 0.513. The van der Waals surface area contributed by atoms with E-state index < -0.39 is 0 Å². The SMILES string of the molecule is Nc1ncnc2c1ccn2C1CCC(CCc2ccc3cc4c(nc3c2)NOCC4)C1. The molecule has 0 spiro atoms. The molecule has 3 N–H and O–H groups in total. The summed E-state index contributed by atoms with van der Waals surface area (Å²) < 4.78 is 2.30. The lowest BCUT2D eigenvalue weighted by Crippen LogP contribution is -2.15. The van der Waals surface area contributed by atoms with Crippen molar-refractivity contribution in [2.24, 2.45) is 5.92 Å². The Morgan fingerprint density at radius 3 is 3.10 bits per heavy atom. The molecule has 1 fully saturated rings. The van der Waals surface area contributed by atoms with Crippen molar-refractivity contribution in [2.75, 3.05) is 17.8 Å². The predicted octanol–water partition coefficient (Wildman–Crippen LogP) is 4.44. The first-order valence-electron chi connectivity index (χ1n) is 11.1. The molecule has 0 bridgehead atoms. The number of nitrogens with zero attached hydrogens (tertiary/aromatic N) is 4. The van der Waals surface area contributed by atoms with Crippen LogP contribution in [0.15, 0.2) is 42.9 Å². The maximum Gasteiger partial charge on any atom is 0.153 e. The number of fused-ring (bicyclic) bond motifs is 3. The highest BCUT2D eigenvalue weighted by atomic mass is 16.6. The fraction of sp³-hybridized carbons (Fsp3) is 0.375. The van der Waals surface area contributed by atoms with Gasteiger partial charge in [-0.2, -0.15) is 0 Å². The molecule has 4 aromatic rings. The summed E-state index contributed by atoms with van der Waals surface area (Å²) in [5.74, 6) is 2.15. The molecule has 1 aliphatic carbocycles. The molecule has 1 saturated carbocycles. The summed E-state index contributed by atoms with van der Waals surface area (Å²) in [5, 5.41) is 2.16. The molecule has 158 valence electrons. The molecule has 6 rings (SSSR count). The number of nitrogen functional groups attached to an aromatic ring is 1. The van der Waals surface area contributed by atoms with Gasteiger partial charge in [0.25, 0.3) is 0 Å². The Labute approximate surface area is 180 Å². The van der Waals surface area contributed by atoms with Crippen LogP contribution in [0.5, 0.6) is 0 Å². The second-order valence-electron chi connectivity index (χ2n) is 8.81. The van der Waals surface area contributed by atoms with Crippen molar-refractivity contribution in [3.8, 4) is 0 Å². The van der Waals surface area contributed by atoms with Gasteiger partial charge in [0.15, 0.2) is 5.82 Å². The van der Waals surface area contributed by atoms with Crippen molar-refractivity contribution in [1.29, 1.82) is 0 Å². The van der Waals surface area contributed by atoms with Crippen LogP contribution in [0.1, 0.15) is 42.9 Å². The first kappa shape index (κ1) is 18.6. The van der Waals surface area contributed by atoms with Crippen molar-refractivity contribution in [3.05, 3.63) is 54.0 Å². The molecule has 1 aromatic carbocycles. The minimum absolute atomic E-state index is 0.493. The van der Waals surface area contributed by atoms with Crippen LogP contribution in [-0.4, -0.2) is 26.1 Å². The van der Waals surface area contributed by atoms with Gasteiger partial charge in [-0.15, -0.1) is 0 Å². The second-order valence-corrected chi connectivity index (χ2v) is 8.81. The smallest absolute Gasteiger partial charge is 0.153 e. The van der Waals surface area contributed by atoms with Gasteiger partial charge in [-0.25, -0.2) is 20.4 Å². The highest BCUT2D eigenvalue weighted by molar-refractivity contribution is 5.86. The summed E-state index contributed by atoms with van der Waals surface area (Å²) in [5.41, 5.74) is 13.5. The number of rotatable bonds is 4. The van der Waals surface area contributed by atoms with Crippen LogP contribution in [0.4, 0.5) is 11.6 Å². The van der Waals surface area contributed by atoms with Crippen LogP contribution in [-0.2, 0) is 17.7 Å². The van der Waals surface area contributed by atoms with E-state index in [2.05, 4.69) is 50.5 Å². The van der Waals surface area contributed by atoms with Crippen molar-refractivity contribution in [2.45, 2.75) is 44.6 Å².